The van der Waals surface area contributed by atoms with E-state index in [9.17, 15) is 18.0 Å². The Hall–Kier alpha value is -4.26. The predicted molar refractivity (Wildman–Crippen MR) is 142 cm³/mol. The number of anilines is 1. The summed E-state index contributed by atoms with van der Waals surface area (Å²) in [6, 6.07) is 5.87. The maximum atomic E-state index is 13.3. The van der Waals surface area contributed by atoms with Crippen LogP contribution in [0.3, 0.4) is 0 Å². The van der Waals surface area contributed by atoms with Crippen molar-refractivity contribution in [2.24, 2.45) is 7.05 Å². The number of hydrogen-bond donors (Lipinski definition) is 0. The van der Waals surface area contributed by atoms with E-state index in [0.717, 1.165) is 30.4 Å². The summed E-state index contributed by atoms with van der Waals surface area (Å²) >= 11 is 0. The molecule has 10 nitrogen and oxygen atoms in total. The van der Waals surface area contributed by atoms with Gasteiger partial charge in [0.2, 0.25) is 0 Å². The van der Waals surface area contributed by atoms with Crippen molar-refractivity contribution in [3.05, 3.63) is 65.4 Å². The number of ether oxygens (including phenoxy) is 1. The minimum atomic E-state index is -4.87. The van der Waals surface area contributed by atoms with Crippen LogP contribution in [-0.4, -0.2) is 80.0 Å². The van der Waals surface area contributed by atoms with Crippen LogP contribution in [0.4, 0.5) is 18.9 Å². The molecule has 0 radical (unpaired) electrons. The van der Waals surface area contributed by atoms with Gasteiger partial charge in [-0.2, -0.15) is 5.10 Å². The van der Waals surface area contributed by atoms with Crippen molar-refractivity contribution >= 4 is 11.5 Å². The average molecular weight is 555 g/mol. The molecule has 3 aromatic heterocycles. The van der Waals surface area contributed by atoms with Gasteiger partial charge in [0.25, 0.3) is 0 Å². The van der Waals surface area contributed by atoms with Crippen molar-refractivity contribution in [1.29, 1.82) is 0 Å². The number of aromatic nitrogens is 6. The molecule has 0 spiro atoms. The van der Waals surface area contributed by atoms with Gasteiger partial charge in [0, 0.05) is 74.4 Å². The summed E-state index contributed by atoms with van der Waals surface area (Å²) in [6.07, 6.45) is 0.122. The smallest absolute Gasteiger partial charge is 0.406 e. The number of carbonyl (C=O) groups is 1. The van der Waals surface area contributed by atoms with Crippen LogP contribution in [0.2, 0.25) is 0 Å². The van der Waals surface area contributed by atoms with Crippen LogP contribution in [0.15, 0.2) is 42.9 Å². The quantitative estimate of drug-likeness (QED) is 0.319. The largest absolute Gasteiger partial charge is 0.573 e. The fraction of sp³-hybridized carbons (Fsp3) is 0.370. The van der Waals surface area contributed by atoms with Gasteiger partial charge in [0.15, 0.2) is 5.78 Å². The van der Waals surface area contributed by atoms with Crippen molar-refractivity contribution in [2.75, 3.05) is 38.1 Å². The van der Waals surface area contributed by atoms with Crippen molar-refractivity contribution in [2.45, 2.75) is 26.6 Å². The van der Waals surface area contributed by atoms with E-state index in [1.165, 1.54) is 6.07 Å². The molecule has 40 heavy (non-hydrogen) atoms. The highest BCUT2D eigenvalue weighted by Crippen LogP contribution is 2.30. The van der Waals surface area contributed by atoms with E-state index in [2.05, 4.69) is 30.0 Å². The van der Waals surface area contributed by atoms with Gasteiger partial charge in [-0.1, -0.05) is 5.21 Å². The Morgan fingerprint density at radius 1 is 1.02 bits per heavy atom. The maximum absolute atomic E-state index is 13.3. The van der Waals surface area contributed by atoms with E-state index < -0.39 is 12.1 Å². The van der Waals surface area contributed by atoms with Crippen LogP contribution >= 0.6 is 0 Å². The fourth-order valence-electron chi connectivity index (χ4n) is 4.62. The number of likely N-dealkylation sites (N-methyl/N-ethyl adjacent to an activating group) is 1. The molecule has 0 bridgehead atoms. The highest BCUT2D eigenvalue weighted by molar-refractivity contribution is 5.98. The zero-order valence-electron chi connectivity index (χ0n) is 22.6. The van der Waals surface area contributed by atoms with E-state index >= 15 is 0 Å². The molecule has 0 unspecified atom stereocenters. The number of carbonyl (C=O) groups excluding carboxylic acids is 1. The Morgan fingerprint density at radius 3 is 2.45 bits per heavy atom. The van der Waals surface area contributed by atoms with Gasteiger partial charge >= 0.3 is 6.36 Å². The van der Waals surface area contributed by atoms with Gasteiger partial charge in [-0.05, 0) is 44.7 Å². The summed E-state index contributed by atoms with van der Waals surface area (Å²) in [5.74, 6) is -0.777. The van der Waals surface area contributed by atoms with Crippen LogP contribution in [0.1, 0.15) is 27.3 Å². The van der Waals surface area contributed by atoms with Crippen molar-refractivity contribution in [3.8, 4) is 22.7 Å². The van der Waals surface area contributed by atoms with Gasteiger partial charge in [-0.15, -0.1) is 18.3 Å². The minimum Gasteiger partial charge on any atom is -0.406 e. The number of rotatable bonds is 7. The minimum absolute atomic E-state index is 0.0683. The molecule has 13 heteroatoms. The molecular weight excluding hydrogens is 525 g/mol. The van der Waals surface area contributed by atoms with Crippen LogP contribution in [0.5, 0.6) is 5.75 Å². The molecule has 1 aliphatic heterocycles. The Labute approximate surface area is 229 Å². The molecule has 0 aliphatic carbocycles. The summed E-state index contributed by atoms with van der Waals surface area (Å²) in [5.41, 5.74) is 4.98. The van der Waals surface area contributed by atoms with E-state index in [1.807, 2.05) is 32.8 Å². The highest BCUT2D eigenvalue weighted by atomic mass is 19.4. The van der Waals surface area contributed by atoms with E-state index in [0.29, 0.717) is 41.4 Å². The van der Waals surface area contributed by atoms with Gasteiger partial charge in [-0.3, -0.25) is 14.5 Å². The monoisotopic (exact) mass is 554 g/mol. The molecule has 210 valence electrons. The van der Waals surface area contributed by atoms with Gasteiger partial charge < -0.3 is 14.5 Å². The fourth-order valence-corrected chi connectivity index (χ4v) is 4.62. The Kier molecular flexibility index (Phi) is 7.32. The second-order valence-electron chi connectivity index (χ2n) is 9.92. The standard InChI is InChI=1S/C27H29F3N8O2/c1-17-25(38-16-24(33-34-38)23-15-32-36(4)18(23)2)9-19(14-31-17)10-26(39)20-11-21(37-7-5-35(3)6-8-37)13-22(12-20)40-27(28,29)30/h9,11-16H,5-8,10H2,1-4H3. The number of pyridine rings is 1. The molecule has 1 saturated heterocycles. The first-order valence-electron chi connectivity index (χ1n) is 12.7. The van der Waals surface area contributed by atoms with Crippen LogP contribution < -0.4 is 9.64 Å². The summed E-state index contributed by atoms with van der Waals surface area (Å²) in [6.45, 7) is 6.53. The molecule has 1 fully saturated rings. The predicted octanol–water partition coefficient (Wildman–Crippen LogP) is 3.76. The molecule has 5 rings (SSSR count). The van der Waals surface area contributed by atoms with Crippen molar-refractivity contribution < 1.29 is 22.7 Å². The number of ketones is 1. The normalized spacial score (nSPS) is 14.5. The SMILES string of the molecule is Cc1ncc(CC(=O)c2cc(OC(F)(F)F)cc(N3CCN(C)CC3)c2)cc1-n1cc(-c2cnn(C)c2C)nn1. The maximum Gasteiger partial charge on any atom is 0.573 e. The highest BCUT2D eigenvalue weighted by Gasteiger charge is 2.32. The second kappa shape index (κ2) is 10.7. The molecule has 4 aromatic rings. The number of hydrogen-bond acceptors (Lipinski definition) is 8. The Bertz CT molecular complexity index is 1540. The third kappa shape index (κ3) is 5.98. The average Bonchev–Trinajstić information content (AvgIpc) is 3.51. The first-order chi connectivity index (χ1) is 19.0. The zero-order valence-corrected chi connectivity index (χ0v) is 22.6. The molecule has 1 aromatic carbocycles. The molecule has 0 atom stereocenters. The van der Waals surface area contributed by atoms with Crippen LogP contribution in [0, 0.1) is 13.8 Å². The van der Waals surface area contributed by atoms with Gasteiger partial charge in [-0.25, -0.2) is 4.68 Å². The van der Waals surface area contributed by atoms with E-state index in [4.69, 9.17) is 0 Å². The number of piperazine rings is 1. The topological polar surface area (TPSA) is 94.2 Å². The number of Topliss-reactive ketones (excluding diaryl/α,β-unsaturated/α-hetero) is 1. The number of alkyl halides is 3. The number of aryl methyl sites for hydroxylation is 2. The lowest BCUT2D eigenvalue weighted by Gasteiger charge is -2.34. The zero-order chi connectivity index (χ0) is 28.6. The third-order valence-electron chi connectivity index (χ3n) is 7.05. The first-order valence-corrected chi connectivity index (χ1v) is 12.7. The number of halogens is 3. The first kappa shape index (κ1) is 27.3. The lowest BCUT2D eigenvalue weighted by atomic mass is 10.0. The lowest BCUT2D eigenvalue weighted by molar-refractivity contribution is -0.274. The molecule has 4 heterocycles. The molecular formula is C27H29F3N8O2. The van der Waals surface area contributed by atoms with Crippen LogP contribution in [0.25, 0.3) is 16.9 Å². The second-order valence-corrected chi connectivity index (χ2v) is 9.92. The summed E-state index contributed by atoms with van der Waals surface area (Å²) in [7, 11) is 3.83. The number of benzene rings is 1. The van der Waals surface area contributed by atoms with Crippen molar-refractivity contribution in [1.82, 2.24) is 34.7 Å². The van der Waals surface area contributed by atoms with E-state index in [-0.39, 0.29) is 17.8 Å². The Morgan fingerprint density at radius 2 is 1.77 bits per heavy atom. The third-order valence-corrected chi connectivity index (χ3v) is 7.05. The summed E-state index contributed by atoms with van der Waals surface area (Å²) in [5, 5.41) is 12.8. The van der Waals surface area contributed by atoms with Gasteiger partial charge in [0.1, 0.15) is 11.4 Å². The summed E-state index contributed by atoms with van der Waals surface area (Å²) in [4.78, 5) is 21.9. The van der Waals surface area contributed by atoms with E-state index in [1.54, 1.807) is 40.1 Å². The molecule has 0 saturated carbocycles. The Balaban J connectivity index is 1.41. The van der Waals surface area contributed by atoms with Gasteiger partial charge in [0.05, 0.1) is 23.8 Å². The van der Waals surface area contributed by atoms with Crippen LogP contribution in [-0.2, 0) is 13.5 Å². The number of nitrogens with zero attached hydrogens (tertiary/aromatic N) is 8. The lowest BCUT2D eigenvalue weighted by Crippen LogP contribution is -2.44. The van der Waals surface area contributed by atoms with Crippen molar-refractivity contribution in [3.63, 3.8) is 0 Å². The molecule has 0 N–H and O–H groups in total. The molecule has 0 amide bonds. The molecule has 1 aliphatic rings. The summed E-state index contributed by atoms with van der Waals surface area (Å²) < 4.78 is 46.8.